The summed E-state index contributed by atoms with van der Waals surface area (Å²) in [5, 5.41) is 13.3. The number of hydrogen-bond donors (Lipinski definition) is 1. The summed E-state index contributed by atoms with van der Waals surface area (Å²) in [6.07, 6.45) is 2.87. The van der Waals surface area contributed by atoms with Crippen LogP contribution in [-0.2, 0) is 14.8 Å². The molecule has 0 fully saturated rings. The third-order valence-electron chi connectivity index (χ3n) is 3.37. The van der Waals surface area contributed by atoms with E-state index >= 15 is 0 Å². The lowest BCUT2D eigenvalue weighted by molar-refractivity contribution is -0.384. The van der Waals surface area contributed by atoms with Crippen molar-refractivity contribution < 1.29 is 18.1 Å². The summed E-state index contributed by atoms with van der Waals surface area (Å²) in [6.45, 7) is -0.445. The van der Waals surface area contributed by atoms with Crippen LogP contribution >= 0.6 is 11.8 Å². The van der Waals surface area contributed by atoms with Gasteiger partial charge in [-0.1, -0.05) is 12.1 Å². The first-order valence-corrected chi connectivity index (χ1v) is 10.4. The molecule has 0 spiro atoms. The van der Waals surface area contributed by atoms with Crippen molar-refractivity contribution in [3.63, 3.8) is 0 Å². The zero-order valence-corrected chi connectivity index (χ0v) is 15.7. The Kier molecular flexibility index (Phi) is 6.22. The highest BCUT2D eigenvalue weighted by Gasteiger charge is 2.21. The van der Waals surface area contributed by atoms with Gasteiger partial charge in [0.1, 0.15) is 6.54 Å². The minimum absolute atomic E-state index is 0.171. The topological polar surface area (TPSA) is 110 Å². The maximum Gasteiger partial charge on any atom is 0.271 e. The van der Waals surface area contributed by atoms with Crippen LogP contribution in [0.15, 0.2) is 53.4 Å². The monoisotopic (exact) mass is 395 g/mol. The predicted octanol–water partition coefficient (Wildman–Crippen LogP) is 2.72. The van der Waals surface area contributed by atoms with Crippen LogP contribution in [0, 0.1) is 10.1 Å². The number of nitro benzene ring substituents is 1. The molecule has 0 bridgehead atoms. The van der Waals surface area contributed by atoms with Crippen molar-refractivity contribution >= 4 is 44.8 Å². The van der Waals surface area contributed by atoms with Gasteiger partial charge in [0.2, 0.25) is 15.9 Å². The van der Waals surface area contributed by atoms with Gasteiger partial charge >= 0.3 is 0 Å². The maximum absolute atomic E-state index is 12.3. The highest BCUT2D eigenvalue weighted by molar-refractivity contribution is 7.98. The Balaban J connectivity index is 2.22. The zero-order chi connectivity index (χ0) is 19.3. The second-order valence-corrected chi connectivity index (χ2v) is 8.11. The van der Waals surface area contributed by atoms with Crippen molar-refractivity contribution in [2.24, 2.45) is 0 Å². The van der Waals surface area contributed by atoms with E-state index in [9.17, 15) is 23.3 Å². The van der Waals surface area contributed by atoms with Gasteiger partial charge in [-0.25, -0.2) is 8.42 Å². The van der Waals surface area contributed by atoms with Gasteiger partial charge in [-0.15, -0.1) is 11.8 Å². The van der Waals surface area contributed by atoms with E-state index in [2.05, 4.69) is 5.32 Å². The molecule has 0 unspecified atom stereocenters. The van der Waals surface area contributed by atoms with Crippen molar-refractivity contribution in [3.8, 4) is 0 Å². The number of sulfonamides is 1. The average molecular weight is 395 g/mol. The van der Waals surface area contributed by atoms with Crippen LogP contribution in [0.3, 0.4) is 0 Å². The molecule has 0 aliphatic rings. The second-order valence-electron chi connectivity index (χ2n) is 5.33. The van der Waals surface area contributed by atoms with E-state index in [1.165, 1.54) is 36.0 Å². The first kappa shape index (κ1) is 19.7. The van der Waals surface area contributed by atoms with Gasteiger partial charge in [0.15, 0.2) is 0 Å². The van der Waals surface area contributed by atoms with E-state index in [0.717, 1.165) is 15.5 Å². The van der Waals surface area contributed by atoms with Gasteiger partial charge < -0.3 is 5.32 Å². The van der Waals surface area contributed by atoms with E-state index in [-0.39, 0.29) is 11.4 Å². The molecule has 0 aromatic heterocycles. The second kappa shape index (κ2) is 8.19. The fourth-order valence-electron chi connectivity index (χ4n) is 2.19. The molecule has 138 valence electrons. The summed E-state index contributed by atoms with van der Waals surface area (Å²) < 4.78 is 25.2. The Bertz CT molecular complexity index is 931. The van der Waals surface area contributed by atoms with E-state index in [1.807, 2.05) is 12.3 Å². The molecular weight excluding hydrogens is 378 g/mol. The van der Waals surface area contributed by atoms with Crippen molar-refractivity contribution in [1.29, 1.82) is 0 Å². The minimum atomic E-state index is -3.70. The number of nitro groups is 1. The van der Waals surface area contributed by atoms with E-state index < -0.39 is 27.4 Å². The molecule has 2 aromatic carbocycles. The zero-order valence-electron chi connectivity index (χ0n) is 14.1. The molecule has 2 aromatic rings. The quantitative estimate of drug-likeness (QED) is 0.438. The summed E-state index contributed by atoms with van der Waals surface area (Å²) in [5.41, 5.74) is 0.416. The van der Waals surface area contributed by atoms with Crippen molar-refractivity contribution in [2.75, 3.05) is 28.7 Å². The van der Waals surface area contributed by atoms with Gasteiger partial charge in [0.05, 0.1) is 16.9 Å². The van der Waals surface area contributed by atoms with Gasteiger partial charge in [-0.05, 0) is 30.5 Å². The number of hydrogen-bond acceptors (Lipinski definition) is 6. The lowest BCUT2D eigenvalue weighted by Gasteiger charge is -2.22. The van der Waals surface area contributed by atoms with Gasteiger partial charge in [-0.2, -0.15) is 0 Å². The molecule has 0 saturated carbocycles. The maximum atomic E-state index is 12.3. The average Bonchev–Trinajstić information content (AvgIpc) is 2.59. The SMILES string of the molecule is CSc1cccc(N(CC(=O)Nc2cccc([N+](=O)[O-])c2)S(C)(=O)=O)c1. The number of nitrogens with zero attached hydrogens (tertiary/aromatic N) is 2. The van der Waals surface area contributed by atoms with Crippen LogP contribution in [0.2, 0.25) is 0 Å². The first-order chi connectivity index (χ1) is 12.2. The van der Waals surface area contributed by atoms with Crippen LogP contribution in [0.25, 0.3) is 0 Å². The number of rotatable bonds is 7. The van der Waals surface area contributed by atoms with Crippen LogP contribution in [-0.4, -0.2) is 38.3 Å². The highest BCUT2D eigenvalue weighted by Crippen LogP contribution is 2.24. The van der Waals surface area contributed by atoms with Gasteiger partial charge in [0.25, 0.3) is 5.69 Å². The molecule has 0 saturated heterocycles. The van der Waals surface area contributed by atoms with Gasteiger partial charge in [-0.3, -0.25) is 19.2 Å². The number of anilines is 2. The third-order valence-corrected chi connectivity index (χ3v) is 5.24. The molecule has 0 aliphatic heterocycles. The smallest absolute Gasteiger partial charge is 0.271 e. The molecule has 26 heavy (non-hydrogen) atoms. The van der Waals surface area contributed by atoms with Crippen LogP contribution < -0.4 is 9.62 Å². The normalized spacial score (nSPS) is 11.0. The summed E-state index contributed by atoms with van der Waals surface area (Å²) in [7, 11) is -3.70. The Morgan fingerprint density at radius 3 is 2.54 bits per heavy atom. The van der Waals surface area contributed by atoms with Crippen molar-refractivity contribution in [2.45, 2.75) is 4.90 Å². The van der Waals surface area contributed by atoms with Crippen molar-refractivity contribution in [1.82, 2.24) is 0 Å². The Hall–Kier alpha value is -2.59. The Labute approximate surface area is 155 Å². The number of thioether (sulfide) groups is 1. The molecule has 1 amide bonds. The molecular formula is C16H17N3O5S2. The van der Waals surface area contributed by atoms with Crippen molar-refractivity contribution in [3.05, 3.63) is 58.6 Å². The number of non-ortho nitro benzene ring substituents is 1. The standard InChI is InChI=1S/C16H17N3O5S2/c1-25-15-8-4-6-13(10-15)18(26(2,23)24)11-16(20)17-12-5-3-7-14(9-12)19(21)22/h3-10H,11H2,1-2H3,(H,17,20). The molecule has 8 nitrogen and oxygen atoms in total. The number of nitrogens with one attached hydrogen (secondary N) is 1. The van der Waals surface area contributed by atoms with Crippen LogP contribution in [0.1, 0.15) is 0 Å². The lowest BCUT2D eigenvalue weighted by Crippen LogP contribution is -2.37. The first-order valence-electron chi connectivity index (χ1n) is 7.37. The Morgan fingerprint density at radius 1 is 1.23 bits per heavy atom. The summed E-state index contributed by atoms with van der Waals surface area (Å²) in [6, 6.07) is 12.2. The van der Waals surface area contributed by atoms with Crippen LogP contribution in [0.4, 0.5) is 17.1 Å². The fraction of sp³-hybridized carbons (Fsp3) is 0.188. The number of amides is 1. The molecule has 1 N–H and O–H groups in total. The number of carbonyl (C=O) groups is 1. The number of carbonyl (C=O) groups excluding carboxylic acids is 1. The van der Waals surface area contributed by atoms with E-state index in [4.69, 9.17) is 0 Å². The molecule has 0 atom stereocenters. The highest BCUT2D eigenvalue weighted by atomic mass is 32.2. The molecule has 0 heterocycles. The fourth-order valence-corrected chi connectivity index (χ4v) is 3.50. The van der Waals surface area contributed by atoms with Crippen LogP contribution in [0.5, 0.6) is 0 Å². The molecule has 10 heteroatoms. The summed E-state index contributed by atoms with van der Waals surface area (Å²) in [4.78, 5) is 23.4. The predicted molar refractivity (Wildman–Crippen MR) is 102 cm³/mol. The largest absolute Gasteiger partial charge is 0.324 e. The number of benzene rings is 2. The van der Waals surface area contributed by atoms with E-state index in [0.29, 0.717) is 5.69 Å². The van der Waals surface area contributed by atoms with Gasteiger partial charge in [0, 0.05) is 22.7 Å². The third kappa shape index (κ3) is 5.20. The minimum Gasteiger partial charge on any atom is -0.324 e. The molecule has 2 rings (SSSR count). The lowest BCUT2D eigenvalue weighted by atomic mass is 10.3. The summed E-state index contributed by atoms with van der Waals surface area (Å²) in [5.74, 6) is -0.606. The molecule has 0 aliphatic carbocycles. The molecule has 0 radical (unpaired) electrons. The Morgan fingerprint density at radius 2 is 1.92 bits per heavy atom. The summed E-state index contributed by atoms with van der Waals surface area (Å²) >= 11 is 1.45. The van der Waals surface area contributed by atoms with E-state index in [1.54, 1.807) is 18.2 Å².